The van der Waals surface area contributed by atoms with Crippen LogP contribution in [0.3, 0.4) is 0 Å². The Labute approximate surface area is 179 Å². The minimum atomic E-state index is -0.247. The van der Waals surface area contributed by atoms with Gasteiger partial charge < -0.3 is 26.0 Å². The molecule has 162 valence electrons. The van der Waals surface area contributed by atoms with E-state index in [1.807, 2.05) is 12.1 Å². The Kier molecular flexibility index (Phi) is 9.70. The van der Waals surface area contributed by atoms with Gasteiger partial charge in [0.1, 0.15) is 0 Å². The third-order valence-corrected chi connectivity index (χ3v) is 5.64. The molecule has 0 aliphatic carbocycles. The Morgan fingerprint density at radius 2 is 1.76 bits per heavy atom. The number of amides is 3. The van der Waals surface area contributed by atoms with Crippen LogP contribution in [-0.4, -0.2) is 44.3 Å². The number of hydrogen-bond donors (Lipinski definition) is 4. The summed E-state index contributed by atoms with van der Waals surface area (Å²) in [4.78, 5) is 24.3. The second-order valence-corrected chi connectivity index (χ2v) is 7.86. The molecule has 4 N–H and O–H groups in total. The quantitative estimate of drug-likeness (QED) is 0.540. The van der Waals surface area contributed by atoms with Gasteiger partial charge in [0.15, 0.2) is 0 Å². The highest BCUT2D eigenvalue weighted by Crippen LogP contribution is 2.25. The molecule has 0 radical (unpaired) electrons. The molecule has 8 heteroatoms. The lowest BCUT2D eigenvalue weighted by molar-refractivity contribution is -0.117. The lowest BCUT2D eigenvalue weighted by Crippen LogP contribution is -2.35. The number of hydrogen-bond acceptors (Lipinski definition) is 4. The molecule has 0 aromatic heterocycles. The van der Waals surface area contributed by atoms with Gasteiger partial charge in [0.2, 0.25) is 5.91 Å². The van der Waals surface area contributed by atoms with Crippen LogP contribution < -0.4 is 21.3 Å². The van der Waals surface area contributed by atoms with Gasteiger partial charge in [-0.1, -0.05) is 6.92 Å². The second-order valence-electron chi connectivity index (χ2n) is 7.86. The Morgan fingerprint density at radius 3 is 2.38 bits per heavy atom. The topological polar surface area (TPSA) is 91.5 Å². The molecule has 0 saturated carbocycles. The van der Waals surface area contributed by atoms with Crippen molar-refractivity contribution in [1.29, 1.82) is 0 Å². The number of piperidine rings is 1. The summed E-state index contributed by atoms with van der Waals surface area (Å²) in [7, 11) is 0. The van der Waals surface area contributed by atoms with E-state index in [9.17, 15) is 9.59 Å². The summed E-state index contributed by atoms with van der Waals surface area (Å²) in [5.74, 6) is 1.04. The second kappa shape index (κ2) is 12.0. The van der Waals surface area contributed by atoms with Crippen LogP contribution in [0.15, 0.2) is 24.3 Å². The number of halogens is 1. The number of urea groups is 1. The minimum absolute atomic E-state index is 0. The van der Waals surface area contributed by atoms with Crippen molar-refractivity contribution < 1.29 is 14.3 Å². The fraction of sp³-hybridized carbons (Fsp3) is 0.619. The Morgan fingerprint density at radius 1 is 1.10 bits per heavy atom. The number of carbonyl (C=O) groups is 2. The Balaban J connectivity index is 0.00000300. The van der Waals surface area contributed by atoms with E-state index in [2.05, 4.69) is 28.2 Å². The molecule has 7 nitrogen and oxygen atoms in total. The summed E-state index contributed by atoms with van der Waals surface area (Å²) in [6, 6.07) is 6.95. The molecule has 0 bridgehead atoms. The molecule has 2 aliphatic heterocycles. The molecule has 0 spiro atoms. The van der Waals surface area contributed by atoms with Crippen molar-refractivity contribution in [2.24, 2.45) is 11.8 Å². The van der Waals surface area contributed by atoms with Gasteiger partial charge in [-0.15, -0.1) is 12.4 Å². The average Bonchev–Trinajstić information content (AvgIpc) is 3.22. The van der Waals surface area contributed by atoms with E-state index in [0.717, 1.165) is 51.1 Å². The summed E-state index contributed by atoms with van der Waals surface area (Å²) in [6.07, 6.45) is 4.99. The zero-order valence-electron chi connectivity index (χ0n) is 17.0. The molecule has 2 atom stereocenters. The summed E-state index contributed by atoms with van der Waals surface area (Å²) in [5, 5.41) is 11.9. The van der Waals surface area contributed by atoms with E-state index < -0.39 is 0 Å². The molecule has 29 heavy (non-hydrogen) atoms. The zero-order valence-corrected chi connectivity index (χ0v) is 17.9. The third-order valence-electron chi connectivity index (χ3n) is 5.64. The van der Waals surface area contributed by atoms with E-state index in [1.165, 1.54) is 0 Å². The maximum Gasteiger partial charge on any atom is 0.319 e. The van der Waals surface area contributed by atoms with E-state index >= 15 is 0 Å². The normalized spacial score (nSPS) is 20.4. The maximum absolute atomic E-state index is 12.3. The minimum Gasteiger partial charge on any atom is -0.376 e. The molecule has 3 amide bonds. The van der Waals surface area contributed by atoms with Crippen molar-refractivity contribution in [2.45, 2.75) is 45.1 Å². The first-order valence-electron chi connectivity index (χ1n) is 10.4. The van der Waals surface area contributed by atoms with Gasteiger partial charge in [0.25, 0.3) is 0 Å². The molecule has 3 rings (SSSR count). The first-order valence-corrected chi connectivity index (χ1v) is 10.4. The fourth-order valence-corrected chi connectivity index (χ4v) is 3.91. The predicted molar refractivity (Wildman–Crippen MR) is 118 cm³/mol. The van der Waals surface area contributed by atoms with Crippen LogP contribution in [0.1, 0.15) is 39.0 Å². The highest BCUT2D eigenvalue weighted by molar-refractivity contribution is 5.92. The van der Waals surface area contributed by atoms with Gasteiger partial charge >= 0.3 is 6.03 Å². The van der Waals surface area contributed by atoms with E-state index in [1.54, 1.807) is 12.1 Å². The number of carbonyl (C=O) groups excluding carboxylic acids is 2. The third kappa shape index (κ3) is 7.84. The van der Waals surface area contributed by atoms with Gasteiger partial charge in [0, 0.05) is 30.9 Å². The van der Waals surface area contributed by atoms with Crippen LogP contribution in [0.5, 0.6) is 0 Å². The van der Waals surface area contributed by atoms with Gasteiger partial charge in [-0.05, 0) is 74.9 Å². The van der Waals surface area contributed by atoms with Crippen molar-refractivity contribution in [3.63, 3.8) is 0 Å². The number of nitrogens with one attached hydrogen (secondary N) is 4. The molecule has 1 aromatic carbocycles. The maximum atomic E-state index is 12.3. The lowest BCUT2D eigenvalue weighted by Gasteiger charge is -2.27. The summed E-state index contributed by atoms with van der Waals surface area (Å²) >= 11 is 0. The molecule has 2 unspecified atom stereocenters. The lowest BCUT2D eigenvalue weighted by atomic mass is 9.84. The van der Waals surface area contributed by atoms with Crippen LogP contribution in [0, 0.1) is 11.8 Å². The number of benzene rings is 1. The van der Waals surface area contributed by atoms with Gasteiger partial charge in [0.05, 0.1) is 6.10 Å². The Bertz CT molecular complexity index is 644. The van der Waals surface area contributed by atoms with Crippen LogP contribution in [0.4, 0.5) is 16.2 Å². The summed E-state index contributed by atoms with van der Waals surface area (Å²) in [6.45, 7) is 5.56. The molecule has 2 aliphatic rings. The number of anilines is 2. The van der Waals surface area contributed by atoms with Crippen LogP contribution in [0.25, 0.3) is 0 Å². The molecular weight excluding hydrogens is 392 g/mol. The van der Waals surface area contributed by atoms with E-state index in [-0.39, 0.29) is 30.4 Å². The molecule has 2 fully saturated rings. The smallest absolute Gasteiger partial charge is 0.319 e. The first-order chi connectivity index (χ1) is 13.6. The largest absolute Gasteiger partial charge is 0.376 e. The van der Waals surface area contributed by atoms with Gasteiger partial charge in [-0.25, -0.2) is 4.79 Å². The summed E-state index contributed by atoms with van der Waals surface area (Å²) < 4.78 is 5.49. The number of ether oxygens (including phenoxy) is 1. The zero-order chi connectivity index (χ0) is 19.8. The monoisotopic (exact) mass is 424 g/mol. The van der Waals surface area contributed by atoms with Gasteiger partial charge in [-0.3, -0.25) is 4.79 Å². The summed E-state index contributed by atoms with van der Waals surface area (Å²) in [5.41, 5.74) is 1.43. The van der Waals surface area contributed by atoms with Crippen molar-refractivity contribution in [1.82, 2.24) is 10.6 Å². The highest BCUT2D eigenvalue weighted by atomic mass is 35.5. The molecule has 2 saturated heterocycles. The number of rotatable bonds is 7. The highest BCUT2D eigenvalue weighted by Gasteiger charge is 2.22. The van der Waals surface area contributed by atoms with Crippen molar-refractivity contribution in [3.8, 4) is 0 Å². The van der Waals surface area contributed by atoms with E-state index in [0.29, 0.717) is 30.5 Å². The van der Waals surface area contributed by atoms with Crippen molar-refractivity contribution in [2.75, 3.05) is 36.9 Å². The van der Waals surface area contributed by atoms with Gasteiger partial charge in [-0.2, -0.15) is 0 Å². The molecular formula is C21H33ClN4O3. The molecule has 2 heterocycles. The van der Waals surface area contributed by atoms with Crippen LogP contribution in [0.2, 0.25) is 0 Å². The standard InChI is InChI=1S/C21H32N4O3.ClH/c1-15(16-8-10-22-11-9-16)13-20(26)24-17-4-6-18(7-5-17)25-21(27)23-14-19-3-2-12-28-19;/h4-7,15-16,19,22H,2-3,8-14H2,1H3,(H,24,26)(H2,23,25,27);1H. The molecule has 1 aromatic rings. The Hall–Kier alpha value is -1.83. The van der Waals surface area contributed by atoms with Crippen LogP contribution >= 0.6 is 12.4 Å². The van der Waals surface area contributed by atoms with E-state index in [4.69, 9.17) is 4.74 Å². The average molecular weight is 425 g/mol. The SMILES string of the molecule is CC(CC(=O)Nc1ccc(NC(=O)NCC2CCCO2)cc1)C1CCNCC1.Cl. The first kappa shape index (κ1) is 23.4. The van der Waals surface area contributed by atoms with Crippen molar-refractivity contribution >= 4 is 35.7 Å². The van der Waals surface area contributed by atoms with Crippen LogP contribution in [-0.2, 0) is 9.53 Å². The van der Waals surface area contributed by atoms with Crippen molar-refractivity contribution in [3.05, 3.63) is 24.3 Å². The predicted octanol–water partition coefficient (Wildman–Crippen LogP) is 3.37. The fourth-order valence-electron chi connectivity index (χ4n) is 3.91.